The van der Waals surface area contributed by atoms with E-state index in [2.05, 4.69) is 24.5 Å². The van der Waals surface area contributed by atoms with Crippen molar-refractivity contribution in [2.45, 2.75) is 57.7 Å². The number of aliphatic hydroxyl groups excluding tert-OH is 1. The number of amides is 2. The number of aliphatic carboxylic acids is 1. The number of carbonyl (C=O) groups is 3. The quantitative estimate of drug-likeness (QED) is 0.414. The molecular formula is C15H27N3O5. The highest BCUT2D eigenvalue weighted by Crippen LogP contribution is 2.28. The predicted octanol–water partition coefficient (Wildman–Crippen LogP) is -0.794. The summed E-state index contributed by atoms with van der Waals surface area (Å²) in [4.78, 5) is 34.6. The summed E-state index contributed by atoms with van der Waals surface area (Å²) in [7, 11) is 0. The number of carboxylic acids is 1. The van der Waals surface area contributed by atoms with Crippen LogP contribution in [0.4, 0.5) is 0 Å². The molecule has 0 aromatic carbocycles. The van der Waals surface area contributed by atoms with E-state index < -0.39 is 42.9 Å². The molecule has 1 saturated carbocycles. The van der Waals surface area contributed by atoms with E-state index in [1.54, 1.807) is 0 Å². The Morgan fingerprint density at radius 1 is 1.17 bits per heavy atom. The van der Waals surface area contributed by atoms with Gasteiger partial charge in [-0.25, -0.2) is 0 Å². The van der Waals surface area contributed by atoms with Crippen LogP contribution in [0.5, 0.6) is 0 Å². The van der Waals surface area contributed by atoms with Crippen molar-refractivity contribution in [3.63, 3.8) is 0 Å². The normalized spacial score (nSPS) is 26.9. The first kappa shape index (κ1) is 19.4. The maximum Gasteiger partial charge on any atom is 0.305 e. The summed E-state index contributed by atoms with van der Waals surface area (Å²) in [6, 6.07) is -2.40. The van der Waals surface area contributed by atoms with E-state index >= 15 is 0 Å². The molecule has 0 aromatic rings. The third kappa shape index (κ3) is 5.80. The fourth-order valence-electron chi connectivity index (χ4n) is 2.98. The molecule has 0 aliphatic heterocycles. The van der Waals surface area contributed by atoms with Gasteiger partial charge in [-0.1, -0.05) is 20.3 Å². The molecule has 0 saturated heterocycles. The minimum Gasteiger partial charge on any atom is -0.481 e. The molecule has 1 aliphatic rings. The maximum absolute atomic E-state index is 12.3. The molecule has 1 rings (SSSR count). The molecule has 2 unspecified atom stereocenters. The largest absolute Gasteiger partial charge is 0.481 e. The number of hydrogen-bond donors (Lipinski definition) is 5. The van der Waals surface area contributed by atoms with Crippen LogP contribution in [0.3, 0.4) is 0 Å². The highest BCUT2D eigenvalue weighted by molar-refractivity contribution is 5.91. The smallest absolute Gasteiger partial charge is 0.305 e. The van der Waals surface area contributed by atoms with Crippen molar-refractivity contribution < 1.29 is 24.6 Å². The lowest BCUT2D eigenvalue weighted by Crippen LogP contribution is -2.57. The van der Waals surface area contributed by atoms with Gasteiger partial charge in [-0.05, 0) is 24.7 Å². The molecule has 0 aromatic heterocycles. The fraction of sp³-hybridized carbons (Fsp3) is 0.800. The van der Waals surface area contributed by atoms with Gasteiger partial charge in [0.2, 0.25) is 11.8 Å². The van der Waals surface area contributed by atoms with Gasteiger partial charge in [0, 0.05) is 6.04 Å². The number of nitrogens with two attached hydrogens (primary N) is 1. The van der Waals surface area contributed by atoms with Gasteiger partial charge in [-0.3, -0.25) is 14.4 Å². The van der Waals surface area contributed by atoms with Crippen LogP contribution in [0.25, 0.3) is 0 Å². The first-order valence-corrected chi connectivity index (χ1v) is 7.95. The van der Waals surface area contributed by atoms with E-state index in [0.29, 0.717) is 11.8 Å². The van der Waals surface area contributed by atoms with Crippen molar-refractivity contribution in [2.24, 2.45) is 17.6 Å². The lowest BCUT2D eigenvalue weighted by atomic mass is 9.78. The summed E-state index contributed by atoms with van der Waals surface area (Å²) < 4.78 is 0. The van der Waals surface area contributed by atoms with Crippen LogP contribution in [0.15, 0.2) is 0 Å². The summed E-state index contributed by atoms with van der Waals surface area (Å²) in [5.41, 5.74) is 5.44. The Labute approximate surface area is 135 Å². The zero-order chi connectivity index (χ0) is 17.6. The second-order valence-electron chi connectivity index (χ2n) is 6.37. The van der Waals surface area contributed by atoms with Crippen molar-refractivity contribution in [1.82, 2.24) is 10.6 Å². The molecule has 0 spiro atoms. The highest BCUT2D eigenvalue weighted by atomic mass is 16.4. The molecule has 0 bridgehead atoms. The topological polar surface area (TPSA) is 142 Å². The van der Waals surface area contributed by atoms with Crippen LogP contribution in [0, 0.1) is 11.8 Å². The number of nitrogens with one attached hydrogen (secondary N) is 2. The van der Waals surface area contributed by atoms with Crippen molar-refractivity contribution in [3.05, 3.63) is 0 Å². The number of rotatable bonds is 7. The van der Waals surface area contributed by atoms with Crippen molar-refractivity contribution in [2.75, 3.05) is 6.61 Å². The maximum atomic E-state index is 12.3. The lowest BCUT2D eigenvalue weighted by Gasteiger charge is -2.36. The van der Waals surface area contributed by atoms with Crippen LogP contribution >= 0.6 is 0 Å². The van der Waals surface area contributed by atoms with Crippen LogP contribution < -0.4 is 16.4 Å². The molecular weight excluding hydrogens is 302 g/mol. The highest BCUT2D eigenvalue weighted by Gasteiger charge is 2.32. The molecule has 8 heteroatoms. The van der Waals surface area contributed by atoms with Crippen LogP contribution in [0.2, 0.25) is 0 Å². The second kappa shape index (κ2) is 8.83. The molecule has 2 amide bonds. The summed E-state index contributed by atoms with van der Waals surface area (Å²) in [5, 5.41) is 23.1. The molecule has 0 heterocycles. The van der Waals surface area contributed by atoms with E-state index in [4.69, 9.17) is 10.8 Å². The summed E-state index contributed by atoms with van der Waals surface area (Å²) in [5.74, 6) is -1.80. The molecule has 4 atom stereocenters. The lowest BCUT2D eigenvalue weighted by molar-refractivity contribution is -0.139. The average Bonchev–Trinajstić information content (AvgIpc) is 2.47. The number of carboxylic acid groups (broad SMARTS) is 1. The molecule has 6 N–H and O–H groups in total. The molecule has 132 valence electrons. The van der Waals surface area contributed by atoms with Crippen molar-refractivity contribution in [3.8, 4) is 0 Å². The van der Waals surface area contributed by atoms with Crippen LogP contribution in [-0.2, 0) is 14.4 Å². The first-order chi connectivity index (χ1) is 10.8. The average molecular weight is 329 g/mol. The fourth-order valence-corrected chi connectivity index (χ4v) is 2.98. The Kier molecular flexibility index (Phi) is 7.44. The number of hydrogen-bond acceptors (Lipinski definition) is 5. The third-order valence-electron chi connectivity index (χ3n) is 4.40. The Hall–Kier alpha value is -1.67. The van der Waals surface area contributed by atoms with E-state index in [1.807, 2.05) is 0 Å². The van der Waals surface area contributed by atoms with Gasteiger partial charge in [0.1, 0.15) is 6.04 Å². The Morgan fingerprint density at radius 3 is 2.22 bits per heavy atom. The second-order valence-corrected chi connectivity index (χ2v) is 6.37. The van der Waals surface area contributed by atoms with Gasteiger partial charge >= 0.3 is 5.97 Å². The van der Waals surface area contributed by atoms with Gasteiger partial charge < -0.3 is 26.6 Å². The zero-order valence-electron chi connectivity index (χ0n) is 13.6. The standard InChI is InChI=1S/C15H27N3O5/c1-8-4-3-5-9(2)13(8)18-15(23)11(7-19)17-14(22)10(16)6-12(20)21/h8-11,13,19H,3-7,16H2,1-2H3,(H,17,22)(H,18,23)(H,20,21)/t8?,9?,10-,11+,13?/m0/s1. The number of aliphatic hydroxyl groups is 1. The minimum absolute atomic E-state index is 0.00473. The predicted molar refractivity (Wildman–Crippen MR) is 83.4 cm³/mol. The monoisotopic (exact) mass is 329 g/mol. The first-order valence-electron chi connectivity index (χ1n) is 7.95. The van der Waals surface area contributed by atoms with E-state index in [-0.39, 0.29) is 6.04 Å². The Balaban J connectivity index is 2.60. The number of carbonyl (C=O) groups excluding carboxylic acids is 2. The van der Waals surface area contributed by atoms with E-state index in [0.717, 1.165) is 19.3 Å². The summed E-state index contributed by atoms with van der Waals surface area (Å²) >= 11 is 0. The van der Waals surface area contributed by atoms with Gasteiger partial charge in [-0.2, -0.15) is 0 Å². The zero-order valence-corrected chi connectivity index (χ0v) is 13.6. The van der Waals surface area contributed by atoms with Crippen molar-refractivity contribution >= 4 is 17.8 Å². The van der Waals surface area contributed by atoms with Gasteiger partial charge in [0.15, 0.2) is 0 Å². The summed E-state index contributed by atoms with van der Waals surface area (Å²) in [6.07, 6.45) is 2.63. The third-order valence-corrected chi connectivity index (χ3v) is 4.40. The van der Waals surface area contributed by atoms with Gasteiger partial charge in [-0.15, -0.1) is 0 Å². The van der Waals surface area contributed by atoms with Gasteiger partial charge in [0.25, 0.3) is 0 Å². The van der Waals surface area contributed by atoms with Crippen molar-refractivity contribution in [1.29, 1.82) is 0 Å². The molecule has 0 radical (unpaired) electrons. The molecule has 8 nitrogen and oxygen atoms in total. The molecule has 1 fully saturated rings. The summed E-state index contributed by atoms with van der Waals surface area (Å²) in [6.45, 7) is 3.55. The van der Waals surface area contributed by atoms with E-state index in [1.165, 1.54) is 0 Å². The van der Waals surface area contributed by atoms with Crippen LogP contribution in [-0.4, -0.2) is 52.7 Å². The van der Waals surface area contributed by atoms with E-state index in [9.17, 15) is 19.5 Å². The molecule has 23 heavy (non-hydrogen) atoms. The minimum atomic E-state index is -1.26. The van der Waals surface area contributed by atoms with Gasteiger partial charge in [0.05, 0.1) is 19.1 Å². The molecule has 1 aliphatic carbocycles. The Bertz CT molecular complexity index is 433. The SMILES string of the molecule is CC1CCCC(C)C1NC(=O)[C@@H](CO)NC(=O)[C@@H](N)CC(=O)O. The Morgan fingerprint density at radius 2 is 1.74 bits per heavy atom. The van der Waals surface area contributed by atoms with Crippen LogP contribution in [0.1, 0.15) is 39.5 Å².